The van der Waals surface area contributed by atoms with Crippen molar-refractivity contribution >= 4 is 5.78 Å². The van der Waals surface area contributed by atoms with Gasteiger partial charge in [-0.25, -0.2) is 0 Å². The summed E-state index contributed by atoms with van der Waals surface area (Å²) in [4.78, 5) is 11.9. The Labute approximate surface area is 87.8 Å². The van der Waals surface area contributed by atoms with Crippen molar-refractivity contribution in [3.05, 3.63) is 65.7 Å². The second-order valence-electron chi connectivity index (χ2n) is 3.14. The molecule has 0 aromatic heterocycles. The molecule has 2 heteroatoms. The summed E-state index contributed by atoms with van der Waals surface area (Å²) in [6.07, 6.45) is 0. The topological polar surface area (TPSA) is 37.3 Å². The Morgan fingerprint density at radius 3 is 2.53 bits per heavy atom. The van der Waals surface area contributed by atoms with E-state index in [-0.39, 0.29) is 11.5 Å². The van der Waals surface area contributed by atoms with E-state index in [1.165, 1.54) is 6.07 Å². The summed E-state index contributed by atoms with van der Waals surface area (Å²) in [5.74, 6) is -0.214. The SMILES string of the molecule is O=C(c1ccccc1)c1cc[c]cc1O. The number of ketones is 1. The first-order chi connectivity index (χ1) is 7.29. The van der Waals surface area contributed by atoms with Crippen LogP contribution in [-0.4, -0.2) is 10.9 Å². The van der Waals surface area contributed by atoms with Gasteiger partial charge in [-0.2, -0.15) is 0 Å². The highest BCUT2D eigenvalue weighted by Gasteiger charge is 2.11. The predicted octanol–water partition coefficient (Wildman–Crippen LogP) is 2.42. The molecule has 0 aliphatic heterocycles. The molecule has 0 aliphatic rings. The monoisotopic (exact) mass is 197 g/mol. The van der Waals surface area contributed by atoms with E-state index in [0.717, 1.165) is 0 Å². The molecular weight excluding hydrogens is 188 g/mol. The van der Waals surface area contributed by atoms with Crippen molar-refractivity contribution in [2.24, 2.45) is 0 Å². The minimum atomic E-state index is -0.179. The van der Waals surface area contributed by atoms with Crippen molar-refractivity contribution in [3.63, 3.8) is 0 Å². The fraction of sp³-hybridized carbons (Fsp3) is 0. The molecule has 0 aliphatic carbocycles. The first-order valence-corrected chi connectivity index (χ1v) is 4.58. The molecule has 15 heavy (non-hydrogen) atoms. The van der Waals surface area contributed by atoms with Gasteiger partial charge in [0.1, 0.15) is 5.75 Å². The molecule has 1 radical (unpaired) electrons. The Bertz CT molecular complexity index is 475. The zero-order valence-electron chi connectivity index (χ0n) is 7.97. The quantitative estimate of drug-likeness (QED) is 0.751. The van der Waals surface area contributed by atoms with Crippen molar-refractivity contribution in [2.75, 3.05) is 0 Å². The van der Waals surface area contributed by atoms with Gasteiger partial charge in [0.25, 0.3) is 0 Å². The third-order valence-electron chi connectivity index (χ3n) is 2.12. The third-order valence-corrected chi connectivity index (χ3v) is 2.12. The molecule has 0 fully saturated rings. The van der Waals surface area contributed by atoms with Crippen molar-refractivity contribution in [2.45, 2.75) is 0 Å². The van der Waals surface area contributed by atoms with Crippen LogP contribution in [0.4, 0.5) is 0 Å². The minimum Gasteiger partial charge on any atom is -0.507 e. The molecule has 0 unspecified atom stereocenters. The Hall–Kier alpha value is -2.09. The zero-order chi connectivity index (χ0) is 10.7. The molecule has 2 nitrogen and oxygen atoms in total. The smallest absolute Gasteiger partial charge is 0.196 e. The largest absolute Gasteiger partial charge is 0.507 e. The lowest BCUT2D eigenvalue weighted by molar-refractivity contribution is 0.103. The molecule has 2 aromatic rings. The predicted molar refractivity (Wildman–Crippen MR) is 56.8 cm³/mol. The summed E-state index contributed by atoms with van der Waals surface area (Å²) < 4.78 is 0. The number of hydrogen-bond acceptors (Lipinski definition) is 2. The van der Waals surface area contributed by atoms with Crippen molar-refractivity contribution < 1.29 is 9.90 Å². The number of carbonyl (C=O) groups excluding carboxylic acids is 1. The molecule has 0 atom stereocenters. The van der Waals surface area contributed by atoms with Crippen molar-refractivity contribution in [1.82, 2.24) is 0 Å². The van der Waals surface area contributed by atoms with Gasteiger partial charge in [-0.1, -0.05) is 36.4 Å². The summed E-state index contributed by atoms with van der Waals surface area (Å²) >= 11 is 0. The molecule has 0 amide bonds. The molecule has 0 saturated heterocycles. The number of aromatic hydroxyl groups is 1. The molecule has 0 bridgehead atoms. The lowest BCUT2D eigenvalue weighted by atomic mass is 10.0. The van der Waals surface area contributed by atoms with Gasteiger partial charge in [-0.15, -0.1) is 0 Å². The standard InChI is InChI=1S/C13H9O2/c14-12-9-5-4-8-11(12)13(15)10-6-2-1-3-7-10/h1-4,6-9,14H. The molecule has 0 heterocycles. The molecule has 0 spiro atoms. The van der Waals surface area contributed by atoms with E-state index < -0.39 is 0 Å². The number of carbonyl (C=O) groups is 1. The second kappa shape index (κ2) is 3.96. The average Bonchev–Trinajstić information content (AvgIpc) is 2.30. The molecular formula is C13H9O2. The third kappa shape index (κ3) is 1.89. The lowest BCUT2D eigenvalue weighted by Gasteiger charge is -2.02. The first kappa shape index (κ1) is 9.46. The van der Waals surface area contributed by atoms with Crippen LogP contribution in [0, 0.1) is 6.07 Å². The number of phenolic OH excluding ortho intramolecular Hbond substituents is 1. The van der Waals surface area contributed by atoms with Gasteiger partial charge in [-0.3, -0.25) is 4.79 Å². The van der Waals surface area contributed by atoms with E-state index in [2.05, 4.69) is 6.07 Å². The first-order valence-electron chi connectivity index (χ1n) is 4.58. The summed E-state index contributed by atoms with van der Waals surface area (Å²) in [5, 5.41) is 9.49. The molecule has 2 rings (SSSR count). The highest BCUT2D eigenvalue weighted by molar-refractivity contribution is 6.10. The normalized spacial score (nSPS) is 9.87. The van der Waals surface area contributed by atoms with E-state index in [1.54, 1.807) is 36.4 Å². The van der Waals surface area contributed by atoms with Gasteiger partial charge >= 0.3 is 0 Å². The maximum Gasteiger partial charge on any atom is 0.196 e. The van der Waals surface area contributed by atoms with Gasteiger partial charge in [0.15, 0.2) is 5.78 Å². The van der Waals surface area contributed by atoms with E-state index in [9.17, 15) is 9.90 Å². The number of rotatable bonds is 2. The fourth-order valence-corrected chi connectivity index (χ4v) is 1.36. The second-order valence-corrected chi connectivity index (χ2v) is 3.14. The minimum absolute atomic E-state index is 0.0358. The number of phenols is 1. The summed E-state index contributed by atoms with van der Waals surface area (Å²) in [7, 11) is 0. The molecule has 0 saturated carbocycles. The van der Waals surface area contributed by atoms with Gasteiger partial charge in [0.05, 0.1) is 5.56 Å². The number of hydrogen-bond donors (Lipinski definition) is 1. The Kier molecular flexibility index (Phi) is 2.50. The van der Waals surface area contributed by atoms with Crippen LogP contribution in [0.15, 0.2) is 48.5 Å². The Balaban J connectivity index is 2.42. The fourth-order valence-electron chi connectivity index (χ4n) is 1.36. The van der Waals surface area contributed by atoms with E-state index in [1.807, 2.05) is 6.07 Å². The van der Waals surface area contributed by atoms with Crippen LogP contribution in [0.5, 0.6) is 5.75 Å². The molecule has 1 N–H and O–H groups in total. The highest BCUT2D eigenvalue weighted by atomic mass is 16.3. The zero-order valence-corrected chi connectivity index (χ0v) is 7.97. The van der Waals surface area contributed by atoms with Gasteiger partial charge in [-0.05, 0) is 18.2 Å². The van der Waals surface area contributed by atoms with Crippen LogP contribution >= 0.6 is 0 Å². The lowest BCUT2D eigenvalue weighted by Crippen LogP contribution is -2.00. The van der Waals surface area contributed by atoms with E-state index in [4.69, 9.17) is 0 Å². The number of benzene rings is 2. The summed E-state index contributed by atoms with van der Waals surface area (Å²) in [6, 6.07) is 16.1. The summed E-state index contributed by atoms with van der Waals surface area (Å²) in [6.45, 7) is 0. The molecule has 2 aromatic carbocycles. The van der Waals surface area contributed by atoms with E-state index in [0.29, 0.717) is 11.1 Å². The van der Waals surface area contributed by atoms with Crippen LogP contribution in [-0.2, 0) is 0 Å². The summed E-state index contributed by atoms with van der Waals surface area (Å²) in [5.41, 5.74) is 0.874. The van der Waals surface area contributed by atoms with Gasteiger partial charge in [0, 0.05) is 5.56 Å². The maximum absolute atomic E-state index is 11.9. The van der Waals surface area contributed by atoms with Crippen LogP contribution in [0.2, 0.25) is 0 Å². The highest BCUT2D eigenvalue weighted by Crippen LogP contribution is 2.19. The van der Waals surface area contributed by atoms with Gasteiger partial charge < -0.3 is 5.11 Å². The van der Waals surface area contributed by atoms with E-state index >= 15 is 0 Å². The van der Waals surface area contributed by atoms with Crippen LogP contribution in [0.3, 0.4) is 0 Å². The van der Waals surface area contributed by atoms with Crippen molar-refractivity contribution in [3.8, 4) is 5.75 Å². The van der Waals surface area contributed by atoms with Crippen molar-refractivity contribution in [1.29, 1.82) is 0 Å². The van der Waals surface area contributed by atoms with Crippen LogP contribution in [0.1, 0.15) is 15.9 Å². The Morgan fingerprint density at radius 1 is 1.13 bits per heavy atom. The van der Waals surface area contributed by atoms with Crippen LogP contribution < -0.4 is 0 Å². The van der Waals surface area contributed by atoms with Crippen LogP contribution in [0.25, 0.3) is 0 Å². The average molecular weight is 197 g/mol. The molecule has 73 valence electrons. The Morgan fingerprint density at radius 2 is 1.87 bits per heavy atom. The van der Waals surface area contributed by atoms with Gasteiger partial charge in [0.2, 0.25) is 0 Å². The maximum atomic E-state index is 11.9.